The molecule has 0 saturated heterocycles. The number of hydrogen-bond donors (Lipinski definition) is 6. The number of amides is 3. The van der Waals surface area contributed by atoms with E-state index >= 15 is 0 Å². The molecule has 0 atom stereocenters. The topological polar surface area (TPSA) is 165 Å². The van der Waals surface area contributed by atoms with E-state index in [2.05, 4.69) is 16.0 Å². The van der Waals surface area contributed by atoms with Crippen LogP contribution in [-0.2, 0) is 11.3 Å². The normalized spacial score (nSPS) is 10.9. The number of phenolic OH excluding ortho intramolecular Hbond substituents is 1. The molecule has 2 aromatic carbocycles. The molecule has 2 aromatic rings. The maximum Gasteiger partial charge on any atom is 0.253 e. The van der Waals surface area contributed by atoms with Crippen LogP contribution >= 0.6 is 136 Å². The second-order valence-corrected chi connectivity index (χ2v) is 14.1. The second-order valence-electron chi connectivity index (χ2n) is 7.67. The van der Waals surface area contributed by atoms with Crippen LogP contribution in [0.1, 0.15) is 50.5 Å². The van der Waals surface area contributed by atoms with E-state index in [9.17, 15) is 34.5 Å². The average Bonchev–Trinajstić information content (AvgIpc) is 2.83. The molecule has 0 aliphatic rings. The van der Waals surface area contributed by atoms with Crippen molar-refractivity contribution in [1.82, 2.24) is 10.6 Å². The molecule has 2 rings (SSSR count). The summed E-state index contributed by atoms with van der Waals surface area (Å²) in [4.78, 5) is 50.6. The summed E-state index contributed by atoms with van der Waals surface area (Å²) >= 11 is 11.6. The molecule has 3 amide bonds. The van der Waals surface area contributed by atoms with E-state index in [0.717, 1.165) is 0 Å². The molecule has 0 aromatic heterocycles. The minimum atomic E-state index is -0.881. The smallest absolute Gasteiger partial charge is 0.253 e. The van der Waals surface area contributed by atoms with Crippen molar-refractivity contribution in [1.29, 1.82) is 0 Å². The van der Waals surface area contributed by atoms with E-state index in [0.29, 0.717) is 32.7 Å². The fourth-order valence-electron chi connectivity index (χ4n) is 3.18. The third kappa shape index (κ3) is 7.71. The van der Waals surface area contributed by atoms with Crippen molar-refractivity contribution in [3.63, 3.8) is 0 Å². The Morgan fingerprint density at radius 1 is 0.737 bits per heavy atom. The van der Waals surface area contributed by atoms with E-state index in [4.69, 9.17) is 0 Å². The molecule has 206 valence electrons. The molecule has 38 heavy (non-hydrogen) atoms. The summed E-state index contributed by atoms with van der Waals surface area (Å²) in [5.41, 5.74) is 1.54. The number of carbonyl (C=O) groups is 4. The predicted molar refractivity (Wildman–Crippen MR) is 192 cm³/mol. The van der Waals surface area contributed by atoms with E-state index < -0.39 is 31.1 Å². The largest absolute Gasteiger partial charge is 0.506 e. The van der Waals surface area contributed by atoms with Gasteiger partial charge >= 0.3 is 0 Å². The van der Waals surface area contributed by atoms with Gasteiger partial charge in [-0.2, -0.15) is 0 Å². The lowest BCUT2D eigenvalue weighted by Crippen LogP contribution is -2.41. The number of Topliss-reactive ketones (excluding diaryl/α,β-unsaturated/α-hetero) is 1. The Hall–Kier alpha value is 0.620. The number of aliphatic hydroxyl groups is 2. The quantitative estimate of drug-likeness (QED) is 0.162. The minimum Gasteiger partial charge on any atom is -0.506 e. The number of rotatable bonds is 9. The number of halogens is 6. The number of anilines is 1. The molecule has 16 heteroatoms. The molecule has 0 unspecified atom stereocenters. The van der Waals surface area contributed by atoms with Crippen molar-refractivity contribution in [3.8, 4) is 5.75 Å². The van der Waals surface area contributed by atoms with Gasteiger partial charge in [0.15, 0.2) is 5.78 Å². The number of ketones is 1. The Morgan fingerprint density at radius 2 is 1.26 bits per heavy atom. The first-order valence-corrected chi connectivity index (χ1v) is 16.8. The van der Waals surface area contributed by atoms with Crippen molar-refractivity contribution >= 4 is 165 Å². The van der Waals surface area contributed by atoms with Gasteiger partial charge in [-0.05, 0) is 142 Å². The lowest BCUT2D eigenvalue weighted by molar-refractivity contribution is -0.114. The Labute approximate surface area is 299 Å². The fraction of sp³-hybridized carbons (Fsp3) is 0.273. The third-order valence-corrected chi connectivity index (χ3v) is 11.6. The molecule has 0 aliphatic carbocycles. The highest BCUT2D eigenvalue weighted by atomic mass is 127. The lowest BCUT2D eigenvalue weighted by Gasteiger charge is -2.21. The van der Waals surface area contributed by atoms with Gasteiger partial charge in [-0.15, -0.1) is 0 Å². The summed E-state index contributed by atoms with van der Waals surface area (Å²) < 4.78 is 2.61. The van der Waals surface area contributed by atoms with E-state index in [-0.39, 0.29) is 40.7 Å². The van der Waals surface area contributed by atoms with Crippen LogP contribution in [0.4, 0.5) is 5.69 Å². The molecule has 0 spiro atoms. The molecule has 0 fully saturated rings. The molecule has 0 heterocycles. The highest BCUT2D eigenvalue weighted by Crippen LogP contribution is 2.38. The predicted octanol–water partition coefficient (Wildman–Crippen LogP) is 4.19. The molecule has 0 radical (unpaired) electrons. The van der Waals surface area contributed by atoms with E-state index in [1.165, 1.54) is 13.8 Å². The minimum absolute atomic E-state index is 0.0447. The zero-order chi connectivity index (χ0) is 29.1. The number of benzene rings is 2. The standard InChI is InChI=1S/C22H19I6N3O7/c1-6(34)10-15(25)12(18(28)20(36)17(10)27)21(37)29-3-9-13(23)11(22(38)31-8(4-32)5-33)16(26)19(14(9)24)30-7(2)35/h8,32-33,36H,3-5H2,1-2H3,(H,29,37)(H,30,35)(H,31,38). The van der Waals surface area contributed by atoms with Crippen molar-refractivity contribution < 1.29 is 34.5 Å². The van der Waals surface area contributed by atoms with Crippen LogP contribution in [0.15, 0.2) is 0 Å². The number of phenols is 1. The van der Waals surface area contributed by atoms with Gasteiger partial charge in [0.05, 0.1) is 46.8 Å². The highest BCUT2D eigenvalue weighted by molar-refractivity contribution is 14.1. The van der Waals surface area contributed by atoms with Crippen LogP contribution in [0, 0.1) is 21.4 Å². The van der Waals surface area contributed by atoms with Crippen molar-refractivity contribution in [3.05, 3.63) is 43.7 Å². The van der Waals surface area contributed by atoms with Crippen LogP contribution in [0.3, 0.4) is 0 Å². The Balaban J connectivity index is 2.61. The van der Waals surface area contributed by atoms with Gasteiger partial charge in [-0.25, -0.2) is 0 Å². The van der Waals surface area contributed by atoms with Crippen molar-refractivity contribution in [2.24, 2.45) is 0 Å². The number of hydrogen-bond acceptors (Lipinski definition) is 7. The van der Waals surface area contributed by atoms with E-state index in [1.54, 1.807) is 0 Å². The zero-order valence-electron chi connectivity index (χ0n) is 19.4. The molecule has 0 bridgehead atoms. The van der Waals surface area contributed by atoms with Gasteiger partial charge in [0.25, 0.3) is 11.8 Å². The molecular weight excluding hydrogens is 1180 g/mol. The number of aromatic hydroxyl groups is 1. The fourth-order valence-corrected chi connectivity index (χ4v) is 11.9. The summed E-state index contributed by atoms with van der Waals surface area (Å²) in [6, 6.07) is -0.881. The SMILES string of the molecule is CC(=O)Nc1c(I)c(CNC(=O)c2c(I)c(O)c(I)c(C(C)=O)c2I)c(I)c(C(=O)NC(CO)CO)c1I. The first-order chi connectivity index (χ1) is 17.7. The summed E-state index contributed by atoms with van der Waals surface area (Å²) in [7, 11) is 0. The van der Waals surface area contributed by atoms with Crippen LogP contribution in [0.25, 0.3) is 0 Å². The average molecular weight is 1200 g/mol. The van der Waals surface area contributed by atoms with Crippen molar-refractivity contribution in [2.75, 3.05) is 18.5 Å². The van der Waals surface area contributed by atoms with Gasteiger partial charge in [0.1, 0.15) is 5.75 Å². The summed E-state index contributed by atoms with van der Waals surface area (Å²) in [5, 5.41) is 37.5. The van der Waals surface area contributed by atoms with Crippen LogP contribution in [-0.4, -0.2) is 58.1 Å². The van der Waals surface area contributed by atoms with Gasteiger partial charge in [0, 0.05) is 35.3 Å². The number of aliphatic hydroxyl groups excluding tert-OH is 2. The first-order valence-electron chi connectivity index (χ1n) is 10.4. The maximum absolute atomic E-state index is 13.3. The van der Waals surface area contributed by atoms with Crippen LogP contribution < -0.4 is 16.0 Å². The van der Waals surface area contributed by atoms with Crippen LogP contribution in [0.2, 0.25) is 0 Å². The Kier molecular flexibility index (Phi) is 13.9. The Bertz CT molecular complexity index is 1330. The number of nitrogens with one attached hydrogen (secondary N) is 3. The zero-order valence-corrected chi connectivity index (χ0v) is 32.4. The summed E-state index contributed by atoms with van der Waals surface area (Å²) in [6.45, 7) is 1.71. The second kappa shape index (κ2) is 15.2. The Morgan fingerprint density at radius 3 is 1.76 bits per heavy atom. The van der Waals surface area contributed by atoms with Crippen molar-refractivity contribution in [2.45, 2.75) is 26.4 Å². The van der Waals surface area contributed by atoms with Gasteiger partial charge in [0.2, 0.25) is 5.91 Å². The first kappa shape index (κ1) is 34.8. The molecular formula is C22H19I6N3O7. The van der Waals surface area contributed by atoms with Gasteiger partial charge in [-0.3, -0.25) is 19.2 Å². The van der Waals surface area contributed by atoms with Gasteiger partial charge < -0.3 is 31.3 Å². The molecule has 0 aliphatic heterocycles. The third-order valence-electron chi connectivity index (χ3n) is 5.01. The summed E-state index contributed by atoms with van der Waals surface area (Å²) in [6.07, 6.45) is 0. The highest BCUT2D eigenvalue weighted by Gasteiger charge is 2.29. The van der Waals surface area contributed by atoms with E-state index in [1.807, 2.05) is 136 Å². The van der Waals surface area contributed by atoms with Gasteiger partial charge in [-0.1, -0.05) is 0 Å². The number of carbonyl (C=O) groups excluding carboxylic acids is 4. The maximum atomic E-state index is 13.3. The van der Waals surface area contributed by atoms with Crippen LogP contribution in [0.5, 0.6) is 5.75 Å². The lowest BCUT2D eigenvalue weighted by atomic mass is 10.1. The molecule has 6 N–H and O–H groups in total. The summed E-state index contributed by atoms with van der Waals surface area (Å²) in [5.74, 6) is -1.91. The molecule has 0 saturated carbocycles. The monoisotopic (exact) mass is 1200 g/mol. The molecule has 10 nitrogen and oxygen atoms in total.